The minimum absolute atomic E-state index is 0.200. The Morgan fingerprint density at radius 2 is 2.35 bits per heavy atom. The van der Waals surface area contributed by atoms with Crippen molar-refractivity contribution in [2.75, 3.05) is 13.1 Å². The molecule has 1 fully saturated rings. The average Bonchev–Trinajstić information content (AvgIpc) is 2.89. The molecule has 0 spiro atoms. The van der Waals surface area contributed by atoms with Gasteiger partial charge in [0.25, 0.3) is 0 Å². The number of pyridine rings is 1. The fourth-order valence-electron chi connectivity index (χ4n) is 3.32. The van der Waals surface area contributed by atoms with Crippen molar-refractivity contribution in [3.63, 3.8) is 0 Å². The minimum Gasteiger partial charge on any atom is -0.341 e. The van der Waals surface area contributed by atoms with Gasteiger partial charge in [0.2, 0.25) is 0 Å². The van der Waals surface area contributed by atoms with Crippen LogP contribution in [0.2, 0.25) is 0 Å². The van der Waals surface area contributed by atoms with Gasteiger partial charge in [0.1, 0.15) is 9.19 Å². The van der Waals surface area contributed by atoms with E-state index in [2.05, 4.69) is 43.5 Å². The number of rotatable bonds is 0. The molecule has 4 rings (SSSR count). The summed E-state index contributed by atoms with van der Waals surface area (Å²) in [4.78, 5) is 10.6. The van der Waals surface area contributed by atoms with Crippen LogP contribution in [-0.2, 0) is 9.97 Å². The van der Waals surface area contributed by atoms with E-state index in [1.807, 2.05) is 12.3 Å². The number of fused-ring (bicyclic) bond motifs is 5. The number of halogens is 1. The maximum absolute atomic E-state index is 4.45. The number of aromatic nitrogens is 2. The summed E-state index contributed by atoms with van der Waals surface area (Å²) in [5, 5.41) is 1.32. The number of alkyl halides is 1. The normalized spacial score (nSPS) is 28.3. The third kappa shape index (κ3) is 1.28. The quantitative estimate of drug-likeness (QED) is 0.455. The number of nitrogens with zero attached hydrogens (tertiary/aromatic N) is 2. The molecule has 0 radical (unpaired) electrons. The van der Waals surface area contributed by atoms with Gasteiger partial charge in [-0.25, -0.2) is 4.98 Å². The third-order valence-corrected chi connectivity index (χ3v) is 5.89. The van der Waals surface area contributed by atoms with Gasteiger partial charge in [-0.3, -0.25) is 4.90 Å². The molecular formula is C13H14IN3. The lowest BCUT2D eigenvalue weighted by Gasteiger charge is -2.37. The molecule has 1 N–H and O–H groups in total. The third-order valence-electron chi connectivity index (χ3n) is 4.13. The van der Waals surface area contributed by atoms with Crippen LogP contribution < -0.4 is 0 Å². The molecule has 0 saturated carbocycles. The number of H-pyrrole nitrogens is 1. The van der Waals surface area contributed by atoms with Crippen molar-refractivity contribution in [2.24, 2.45) is 0 Å². The highest BCUT2D eigenvalue weighted by atomic mass is 127. The highest BCUT2D eigenvalue weighted by Gasteiger charge is 2.45. The molecular weight excluding hydrogens is 325 g/mol. The highest BCUT2D eigenvalue weighted by Crippen LogP contribution is 2.49. The highest BCUT2D eigenvalue weighted by molar-refractivity contribution is 14.1. The number of aromatic amines is 1. The van der Waals surface area contributed by atoms with Gasteiger partial charge in [0.05, 0.1) is 5.69 Å². The zero-order valence-corrected chi connectivity index (χ0v) is 11.7. The fraction of sp³-hybridized carbons (Fsp3) is 0.462. The molecule has 1 atom stereocenters. The van der Waals surface area contributed by atoms with Crippen LogP contribution in [0, 0.1) is 0 Å². The van der Waals surface area contributed by atoms with Crippen molar-refractivity contribution in [1.29, 1.82) is 0 Å². The molecule has 0 aliphatic carbocycles. The van der Waals surface area contributed by atoms with E-state index in [1.165, 1.54) is 42.6 Å². The van der Waals surface area contributed by atoms with E-state index in [9.17, 15) is 0 Å². The first-order chi connectivity index (χ1) is 8.29. The zero-order valence-electron chi connectivity index (χ0n) is 9.54. The van der Waals surface area contributed by atoms with Crippen LogP contribution in [0.4, 0.5) is 0 Å². The van der Waals surface area contributed by atoms with Crippen LogP contribution in [-0.4, -0.2) is 28.0 Å². The van der Waals surface area contributed by atoms with Crippen molar-refractivity contribution in [3.8, 4) is 0 Å². The lowest BCUT2D eigenvalue weighted by molar-refractivity contribution is 0.225. The van der Waals surface area contributed by atoms with E-state index >= 15 is 0 Å². The Bertz CT molecular complexity index is 591. The van der Waals surface area contributed by atoms with Gasteiger partial charge in [-0.2, -0.15) is 0 Å². The Morgan fingerprint density at radius 1 is 1.41 bits per heavy atom. The Hall–Kier alpha value is -0.620. The second-order valence-electron chi connectivity index (χ2n) is 4.98. The van der Waals surface area contributed by atoms with E-state index in [0.717, 1.165) is 12.1 Å². The SMILES string of the molecule is IC12CCCN1CCc1c2[nH]c2ncccc12. The van der Waals surface area contributed by atoms with Crippen molar-refractivity contribution >= 4 is 33.6 Å². The molecule has 1 unspecified atom stereocenters. The van der Waals surface area contributed by atoms with Crippen LogP contribution in [0.5, 0.6) is 0 Å². The first kappa shape index (κ1) is 10.3. The molecule has 2 aromatic rings. The molecule has 1 saturated heterocycles. The second kappa shape index (κ2) is 3.45. The summed E-state index contributed by atoms with van der Waals surface area (Å²) < 4.78 is 0.200. The summed E-state index contributed by atoms with van der Waals surface area (Å²) in [5.74, 6) is 0. The van der Waals surface area contributed by atoms with Crippen molar-refractivity contribution in [3.05, 3.63) is 29.6 Å². The summed E-state index contributed by atoms with van der Waals surface area (Å²) in [7, 11) is 0. The summed E-state index contributed by atoms with van der Waals surface area (Å²) in [6.07, 6.45) is 5.60. The fourth-order valence-corrected chi connectivity index (χ4v) is 4.65. The molecule has 4 heterocycles. The van der Waals surface area contributed by atoms with E-state index in [0.29, 0.717) is 0 Å². The van der Waals surface area contributed by atoms with Crippen molar-refractivity contribution in [1.82, 2.24) is 14.9 Å². The summed E-state index contributed by atoms with van der Waals surface area (Å²) in [5.41, 5.74) is 3.97. The maximum Gasteiger partial charge on any atom is 0.137 e. The number of hydrogen-bond acceptors (Lipinski definition) is 2. The summed E-state index contributed by atoms with van der Waals surface area (Å²) in [6, 6.07) is 4.24. The van der Waals surface area contributed by atoms with Crippen LogP contribution in [0.3, 0.4) is 0 Å². The van der Waals surface area contributed by atoms with Crippen LogP contribution in [0.15, 0.2) is 18.3 Å². The van der Waals surface area contributed by atoms with Gasteiger partial charge in [-0.15, -0.1) is 0 Å². The predicted octanol–water partition coefficient (Wildman–Crippen LogP) is 2.80. The molecule has 0 aromatic carbocycles. The standard InChI is InChI=1S/C13H14IN3/c14-13-5-2-7-17(13)8-4-9-10-3-1-6-15-12(10)16-11(9)13/h1,3,6H,2,4-5,7-8H2,(H,15,16). The first-order valence-corrected chi connectivity index (χ1v) is 7.27. The van der Waals surface area contributed by atoms with Gasteiger partial charge < -0.3 is 4.98 Å². The van der Waals surface area contributed by atoms with Gasteiger partial charge in [0.15, 0.2) is 0 Å². The van der Waals surface area contributed by atoms with Gasteiger partial charge in [-0.1, -0.05) is 22.6 Å². The van der Waals surface area contributed by atoms with E-state index in [1.54, 1.807) is 0 Å². The summed E-state index contributed by atoms with van der Waals surface area (Å²) >= 11 is 2.64. The molecule has 2 aromatic heterocycles. The second-order valence-corrected chi connectivity index (χ2v) is 6.76. The van der Waals surface area contributed by atoms with E-state index in [4.69, 9.17) is 0 Å². The smallest absolute Gasteiger partial charge is 0.137 e. The number of hydrogen-bond donors (Lipinski definition) is 1. The molecule has 4 heteroatoms. The largest absolute Gasteiger partial charge is 0.341 e. The van der Waals surface area contributed by atoms with Crippen LogP contribution in [0.25, 0.3) is 11.0 Å². The van der Waals surface area contributed by atoms with Crippen molar-refractivity contribution < 1.29 is 0 Å². The molecule has 2 aliphatic heterocycles. The maximum atomic E-state index is 4.45. The summed E-state index contributed by atoms with van der Waals surface area (Å²) in [6.45, 7) is 2.43. The first-order valence-electron chi connectivity index (χ1n) is 6.19. The monoisotopic (exact) mass is 339 g/mol. The molecule has 3 nitrogen and oxygen atoms in total. The predicted molar refractivity (Wildman–Crippen MR) is 76.3 cm³/mol. The molecule has 2 aliphatic rings. The average molecular weight is 339 g/mol. The minimum atomic E-state index is 0.200. The lowest BCUT2D eigenvalue weighted by atomic mass is 9.98. The Balaban J connectivity index is 2.01. The van der Waals surface area contributed by atoms with E-state index < -0.39 is 0 Å². The Kier molecular flexibility index (Phi) is 2.09. The van der Waals surface area contributed by atoms with Crippen LogP contribution >= 0.6 is 22.6 Å². The van der Waals surface area contributed by atoms with Gasteiger partial charge in [-0.05, 0) is 43.5 Å². The topological polar surface area (TPSA) is 31.9 Å². The van der Waals surface area contributed by atoms with E-state index in [-0.39, 0.29) is 3.55 Å². The Labute approximate surface area is 114 Å². The van der Waals surface area contributed by atoms with Crippen LogP contribution in [0.1, 0.15) is 24.1 Å². The Morgan fingerprint density at radius 3 is 3.29 bits per heavy atom. The van der Waals surface area contributed by atoms with Crippen molar-refractivity contribution in [2.45, 2.75) is 22.8 Å². The number of nitrogens with one attached hydrogen (secondary N) is 1. The molecule has 0 amide bonds. The molecule has 0 bridgehead atoms. The van der Waals surface area contributed by atoms with Gasteiger partial charge >= 0.3 is 0 Å². The lowest BCUT2D eigenvalue weighted by Crippen LogP contribution is -2.41. The van der Waals surface area contributed by atoms with Gasteiger partial charge in [0, 0.05) is 18.1 Å². The zero-order chi connectivity index (χ0) is 11.5. The molecule has 17 heavy (non-hydrogen) atoms. The molecule has 88 valence electrons.